The minimum Gasteiger partial charge on any atom is -0.395 e. The SMILES string of the molecule is CC(C)C(CO)NC1CCCC1C1CCCN1. The summed E-state index contributed by atoms with van der Waals surface area (Å²) in [5.41, 5.74) is 0. The van der Waals surface area contributed by atoms with E-state index >= 15 is 0 Å². The van der Waals surface area contributed by atoms with E-state index in [1.54, 1.807) is 0 Å². The summed E-state index contributed by atoms with van der Waals surface area (Å²) in [6.45, 7) is 5.83. The van der Waals surface area contributed by atoms with Gasteiger partial charge in [-0.3, -0.25) is 0 Å². The predicted molar refractivity (Wildman–Crippen MR) is 71.0 cm³/mol. The molecule has 3 nitrogen and oxygen atoms in total. The monoisotopic (exact) mass is 240 g/mol. The third-order valence-corrected chi connectivity index (χ3v) is 4.61. The van der Waals surface area contributed by atoms with Crippen LogP contribution in [0.1, 0.15) is 46.0 Å². The number of hydrogen-bond donors (Lipinski definition) is 3. The van der Waals surface area contributed by atoms with Crippen LogP contribution >= 0.6 is 0 Å². The number of aliphatic hydroxyl groups is 1. The Morgan fingerprint density at radius 2 is 2.06 bits per heavy atom. The summed E-state index contributed by atoms with van der Waals surface area (Å²) in [6, 6.07) is 1.61. The zero-order valence-corrected chi connectivity index (χ0v) is 11.3. The van der Waals surface area contributed by atoms with Gasteiger partial charge in [0.1, 0.15) is 0 Å². The highest BCUT2D eigenvalue weighted by atomic mass is 16.3. The van der Waals surface area contributed by atoms with E-state index in [4.69, 9.17) is 0 Å². The Bertz CT molecular complexity index is 226. The summed E-state index contributed by atoms with van der Waals surface area (Å²) < 4.78 is 0. The van der Waals surface area contributed by atoms with Gasteiger partial charge in [-0.1, -0.05) is 20.3 Å². The van der Waals surface area contributed by atoms with E-state index in [0.29, 0.717) is 12.0 Å². The molecule has 0 aromatic carbocycles. The van der Waals surface area contributed by atoms with Crippen molar-refractivity contribution in [2.45, 2.75) is 64.1 Å². The van der Waals surface area contributed by atoms with Crippen molar-refractivity contribution in [3.05, 3.63) is 0 Å². The van der Waals surface area contributed by atoms with E-state index in [9.17, 15) is 5.11 Å². The molecule has 2 fully saturated rings. The van der Waals surface area contributed by atoms with Gasteiger partial charge >= 0.3 is 0 Å². The largest absolute Gasteiger partial charge is 0.395 e. The van der Waals surface area contributed by atoms with E-state index in [1.165, 1.54) is 38.6 Å². The zero-order valence-electron chi connectivity index (χ0n) is 11.3. The molecule has 0 amide bonds. The molecule has 2 rings (SSSR count). The van der Waals surface area contributed by atoms with Gasteiger partial charge in [-0.05, 0) is 44.1 Å². The van der Waals surface area contributed by atoms with Crippen LogP contribution in [0.4, 0.5) is 0 Å². The minimum absolute atomic E-state index is 0.263. The molecular weight excluding hydrogens is 212 g/mol. The topological polar surface area (TPSA) is 44.3 Å². The molecule has 4 atom stereocenters. The molecule has 4 unspecified atom stereocenters. The Labute approximate surface area is 105 Å². The van der Waals surface area contributed by atoms with Crippen molar-refractivity contribution in [1.29, 1.82) is 0 Å². The second kappa shape index (κ2) is 6.17. The second-order valence-corrected chi connectivity index (χ2v) is 6.10. The van der Waals surface area contributed by atoms with Gasteiger partial charge in [-0.25, -0.2) is 0 Å². The molecule has 1 aliphatic carbocycles. The van der Waals surface area contributed by atoms with E-state index in [0.717, 1.165) is 12.0 Å². The molecule has 2 aliphatic rings. The van der Waals surface area contributed by atoms with Crippen molar-refractivity contribution in [1.82, 2.24) is 10.6 Å². The fourth-order valence-corrected chi connectivity index (χ4v) is 3.49. The second-order valence-electron chi connectivity index (χ2n) is 6.10. The van der Waals surface area contributed by atoms with Crippen LogP contribution in [0.3, 0.4) is 0 Å². The quantitative estimate of drug-likeness (QED) is 0.682. The first kappa shape index (κ1) is 13.3. The Hall–Kier alpha value is -0.120. The lowest BCUT2D eigenvalue weighted by Gasteiger charge is -2.31. The van der Waals surface area contributed by atoms with E-state index in [-0.39, 0.29) is 12.6 Å². The summed E-state index contributed by atoms with van der Waals surface area (Å²) in [5, 5.41) is 16.8. The fraction of sp³-hybridized carbons (Fsp3) is 1.00. The normalized spacial score (nSPS) is 35.6. The third-order valence-electron chi connectivity index (χ3n) is 4.61. The maximum absolute atomic E-state index is 9.43. The van der Waals surface area contributed by atoms with Crippen LogP contribution in [-0.2, 0) is 0 Å². The minimum atomic E-state index is 0.263. The first-order valence-electron chi connectivity index (χ1n) is 7.32. The summed E-state index contributed by atoms with van der Waals surface area (Å²) in [5.74, 6) is 1.29. The summed E-state index contributed by atoms with van der Waals surface area (Å²) in [6.07, 6.45) is 6.66. The molecule has 3 N–H and O–H groups in total. The van der Waals surface area contributed by atoms with Crippen LogP contribution in [0, 0.1) is 11.8 Å². The maximum Gasteiger partial charge on any atom is 0.0587 e. The Kier molecular flexibility index (Phi) is 4.83. The lowest BCUT2D eigenvalue weighted by molar-refractivity contribution is 0.182. The fourth-order valence-electron chi connectivity index (χ4n) is 3.49. The first-order chi connectivity index (χ1) is 8.22. The number of rotatable bonds is 5. The lowest BCUT2D eigenvalue weighted by Crippen LogP contribution is -2.49. The van der Waals surface area contributed by atoms with Crippen LogP contribution in [0.25, 0.3) is 0 Å². The Balaban J connectivity index is 1.89. The van der Waals surface area contributed by atoms with Crippen molar-refractivity contribution in [2.75, 3.05) is 13.2 Å². The van der Waals surface area contributed by atoms with Crippen molar-refractivity contribution in [3.8, 4) is 0 Å². The maximum atomic E-state index is 9.43. The van der Waals surface area contributed by atoms with Crippen LogP contribution in [0.2, 0.25) is 0 Å². The number of hydrogen-bond acceptors (Lipinski definition) is 3. The average Bonchev–Trinajstić information content (AvgIpc) is 2.95. The summed E-state index contributed by atoms with van der Waals surface area (Å²) in [4.78, 5) is 0. The molecule has 100 valence electrons. The molecule has 17 heavy (non-hydrogen) atoms. The summed E-state index contributed by atoms with van der Waals surface area (Å²) >= 11 is 0. The molecule has 1 aliphatic heterocycles. The standard InChI is InChI=1S/C14H28N2O/c1-10(2)14(9-17)16-13-6-3-5-11(13)12-7-4-8-15-12/h10-17H,3-9H2,1-2H3. The molecule has 0 radical (unpaired) electrons. The smallest absolute Gasteiger partial charge is 0.0587 e. The molecular formula is C14H28N2O. The van der Waals surface area contributed by atoms with Crippen molar-refractivity contribution >= 4 is 0 Å². The number of nitrogens with one attached hydrogen (secondary N) is 2. The molecule has 0 bridgehead atoms. The van der Waals surface area contributed by atoms with Crippen molar-refractivity contribution < 1.29 is 5.11 Å². The highest BCUT2D eigenvalue weighted by molar-refractivity contribution is 4.94. The van der Waals surface area contributed by atoms with E-state index < -0.39 is 0 Å². The predicted octanol–water partition coefficient (Wildman–Crippen LogP) is 1.51. The van der Waals surface area contributed by atoms with E-state index in [1.807, 2.05) is 0 Å². The van der Waals surface area contributed by atoms with Gasteiger partial charge in [0, 0.05) is 18.1 Å². The Morgan fingerprint density at radius 3 is 2.65 bits per heavy atom. The van der Waals surface area contributed by atoms with E-state index in [2.05, 4.69) is 24.5 Å². The number of aliphatic hydroxyl groups excluding tert-OH is 1. The molecule has 1 saturated carbocycles. The zero-order chi connectivity index (χ0) is 12.3. The van der Waals surface area contributed by atoms with Gasteiger partial charge in [0.2, 0.25) is 0 Å². The first-order valence-corrected chi connectivity index (χ1v) is 7.32. The van der Waals surface area contributed by atoms with Gasteiger partial charge in [-0.2, -0.15) is 0 Å². The average molecular weight is 240 g/mol. The molecule has 1 saturated heterocycles. The summed E-state index contributed by atoms with van der Waals surface area (Å²) in [7, 11) is 0. The lowest BCUT2D eigenvalue weighted by atomic mass is 9.91. The van der Waals surface area contributed by atoms with Gasteiger partial charge in [0.15, 0.2) is 0 Å². The van der Waals surface area contributed by atoms with Crippen LogP contribution in [-0.4, -0.2) is 36.4 Å². The van der Waals surface area contributed by atoms with Gasteiger partial charge in [0.05, 0.1) is 6.61 Å². The van der Waals surface area contributed by atoms with Crippen molar-refractivity contribution in [3.63, 3.8) is 0 Å². The highest BCUT2D eigenvalue weighted by Gasteiger charge is 2.35. The van der Waals surface area contributed by atoms with Gasteiger partial charge in [0.25, 0.3) is 0 Å². The van der Waals surface area contributed by atoms with Crippen LogP contribution in [0.15, 0.2) is 0 Å². The van der Waals surface area contributed by atoms with Crippen molar-refractivity contribution in [2.24, 2.45) is 11.8 Å². The molecule has 3 heteroatoms. The van der Waals surface area contributed by atoms with Crippen LogP contribution in [0.5, 0.6) is 0 Å². The highest BCUT2D eigenvalue weighted by Crippen LogP contribution is 2.32. The molecule has 0 aromatic heterocycles. The molecule has 1 heterocycles. The van der Waals surface area contributed by atoms with Gasteiger partial charge < -0.3 is 15.7 Å². The Morgan fingerprint density at radius 1 is 1.24 bits per heavy atom. The molecule has 0 spiro atoms. The molecule has 0 aromatic rings. The van der Waals surface area contributed by atoms with Crippen LogP contribution < -0.4 is 10.6 Å². The third kappa shape index (κ3) is 3.21. The van der Waals surface area contributed by atoms with Gasteiger partial charge in [-0.15, -0.1) is 0 Å².